The standard InChI is InChI=1S/C19H26N2O3S/c1-3-4-11-24-15(2)19(23)20-17-7-5-16(6-8-17)14-18(22)21-9-12-25-13-10-21/h3,5-8,15H,1,4,9-14H2,2H3,(H,20,23). The molecule has 6 heteroatoms. The van der Waals surface area contributed by atoms with Crippen LogP contribution in [0.15, 0.2) is 36.9 Å². The quantitative estimate of drug-likeness (QED) is 0.571. The zero-order valence-corrected chi connectivity index (χ0v) is 15.5. The molecule has 1 aliphatic rings. The van der Waals surface area contributed by atoms with Gasteiger partial charge in [0.15, 0.2) is 0 Å². The van der Waals surface area contributed by atoms with Gasteiger partial charge in [0.25, 0.3) is 5.91 Å². The predicted octanol–water partition coefficient (Wildman–Crippen LogP) is 2.72. The van der Waals surface area contributed by atoms with Crippen molar-refractivity contribution in [2.24, 2.45) is 0 Å². The molecule has 2 amide bonds. The maximum absolute atomic E-state index is 12.3. The summed E-state index contributed by atoms with van der Waals surface area (Å²) in [5.41, 5.74) is 1.66. The van der Waals surface area contributed by atoms with Crippen molar-refractivity contribution in [3.05, 3.63) is 42.5 Å². The van der Waals surface area contributed by atoms with Gasteiger partial charge in [0.1, 0.15) is 6.10 Å². The van der Waals surface area contributed by atoms with E-state index in [1.165, 1.54) is 0 Å². The van der Waals surface area contributed by atoms with E-state index in [-0.39, 0.29) is 11.8 Å². The molecule has 1 atom stereocenters. The van der Waals surface area contributed by atoms with E-state index < -0.39 is 6.10 Å². The van der Waals surface area contributed by atoms with Gasteiger partial charge in [-0.3, -0.25) is 9.59 Å². The van der Waals surface area contributed by atoms with E-state index in [1.807, 2.05) is 40.9 Å². The van der Waals surface area contributed by atoms with Gasteiger partial charge < -0.3 is 15.0 Å². The lowest BCUT2D eigenvalue weighted by atomic mass is 10.1. The first kappa shape index (κ1) is 19.5. The van der Waals surface area contributed by atoms with Gasteiger partial charge >= 0.3 is 0 Å². The summed E-state index contributed by atoms with van der Waals surface area (Å²) in [5.74, 6) is 2.02. The van der Waals surface area contributed by atoms with Crippen LogP contribution in [0.1, 0.15) is 18.9 Å². The van der Waals surface area contributed by atoms with E-state index in [9.17, 15) is 9.59 Å². The number of nitrogens with one attached hydrogen (secondary N) is 1. The molecule has 1 aromatic rings. The van der Waals surface area contributed by atoms with Crippen molar-refractivity contribution in [3.8, 4) is 0 Å². The van der Waals surface area contributed by atoms with E-state index >= 15 is 0 Å². The van der Waals surface area contributed by atoms with Gasteiger partial charge in [0.05, 0.1) is 13.0 Å². The molecule has 1 unspecified atom stereocenters. The summed E-state index contributed by atoms with van der Waals surface area (Å²) in [6.07, 6.45) is 2.36. The molecule has 5 nitrogen and oxygen atoms in total. The number of benzene rings is 1. The Morgan fingerprint density at radius 3 is 2.64 bits per heavy atom. The molecule has 0 spiro atoms. The second-order valence-electron chi connectivity index (χ2n) is 5.95. The van der Waals surface area contributed by atoms with Crippen LogP contribution in [0, 0.1) is 0 Å². The van der Waals surface area contributed by atoms with Crippen molar-refractivity contribution in [1.29, 1.82) is 0 Å². The first-order valence-electron chi connectivity index (χ1n) is 8.58. The topological polar surface area (TPSA) is 58.6 Å². The molecule has 0 radical (unpaired) electrons. The fourth-order valence-electron chi connectivity index (χ4n) is 2.45. The van der Waals surface area contributed by atoms with Gasteiger partial charge in [-0.2, -0.15) is 11.8 Å². The normalized spacial score (nSPS) is 15.5. The van der Waals surface area contributed by atoms with Crippen LogP contribution < -0.4 is 5.32 Å². The molecule has 2 rings (SSSR count). The van der Waals surface area contributed by atoms with E-state index in [2.05, 4.69) is 11.9 Å². The molecule has 1 aliphatic heterocycles. The maximum Gasteiger partial charge on any atom is 0.253 e. The van der Waals surface area contributed by atoms with Crippen LogP contribution in [0.2, 0.25) is 0 Å². The number of nitrogens with zero attached hydrogens (tertiary/aromatic N) is 1. The van der Waals surface area contributed by atoms with Gasteiger partial charge in [-0.1, -0.05) is 18.2 Å². The van der Waals surface area contributed by atoms with E-state index in [1.54, 1.807) is 13.0 Å². The molecular formula is C19H26N2O3S. The second kappa shape index (κ2) is 10.3. The average Bonchev–Trinajstić information content (AvgIpc) is 2.64. The highest BCUT2D eigenvalue weighted by Gasteiger charge is 2.17. The number of thioether (sulfide) groups is 1. The Labute approximate surface area is 153 Å². The van der Waals surface area contributed by atoms with E-state index in [0.717, 1.165) is 36.6 Å². The SMILES string of the molecule is C=CCCOC(C)C(=O)Nc1ccc(CC(=O)N2CCSCC2)cc1. The largest absolute Gasteiger partial charge is 0.368 e. The third kappa shape index (κ3) is 6.55. The van der Waals surface area contributed by atoms with Crippen LogP contribution in [0.5, 0.6) is 0 Å². The number of hydrogen-bond donors (Lipinski definition) is 1. The highest BCUT2D eigenvalue weighted by atomic mass is 32.2. The minimum Gasteiger partial charge on any atom is -0.368 e. The van der Waals surface area contributed by atoms with E-state index in [0.29, 0.717) is 18.7 Å². The Bertz CT molecular complexity index is 583. The fraction of sp³-hybridized carbons (Fsp3) is 0.474. The average molecular weight is 362 g/mol. The third-order valence-corrected chi connectivity index (χ3v) is 4.94. The second-order valence-corrected chi connectivity index (χ2v) is 7.17. The number of rotatable bonds is 8. The fourth-order valence-corrected chi connectivity index (χ4v) is 3.36. The lowest BCUT2D eigenvalue weighted by molar-refractivity contribution is -0.130. The number of hydrogen-bond acceptors (Lipinski definition) is 4. The van der Waals surface area contributed by atoms with Crippen molar-refractivity contribution < 1.29 is 14.3 Å². The summed E-state index contributed by atoms with van der Waals surface area (Å²) >= 11 is 1.89. The van der Waals surface area contributed by atoms with Crippen LogP contribution in [0.25, 0.3) is 0 Å². The lowest BCUT2D eigenvalue weighted by Gasteiger charge is -2.26. The monoisotopic (exact) mass is 362 g/mol. The Hall–Kier alpha value is -1.79. The number of ether oxygens (including phenoxy) is 1. The molecular weight excluding hydrogens is 336 g/mol. The number of anilines is 1. The summed E-state index contributed by atoms with van der Waals surface area (Å²) in [6, 6.07) is 7.41. The Kier molecular flexibility index (Phi) is 8.01. The molecule has 1 heterocycles. The van der Waals surface area contributed by atoms with Gasteiger partial charge in [-0.15, -0.1) is 6.58 Å². The van der Waals surface area contributed by atoms with Crippen LogP contribution in [0.3, 0.4) is 0 Å². The number of carbonyl (C=O) groups is 2. The Balaban J connectivity index is 1.81. The third-order valence-electron chi connectivity index (χ3n) is 4.00. The summed E-state index contributed by atoms with van der Waals surface area (Å²) < 4.78 is 5.42. The van der Waals surface area contributed by atoms with Crippen LogP contribution in [0.4, 0.5) is 5.69 Å². The molecule has 0 aliphatic carbocycles. The van der Waals surface area contributed by atoms with Gasteiger partial charge in [-0.25, -0.2) is 0 Å². The Morgan fingerprint density at radius 2 is 2.00 bits per heavy atom. The number of carbonyl (C=O) groups excluding carboxylic acids is 2. The van der Waals surface area contributed by atoms with Crippen LogP contribution in [-0.2, 0) is 20.7 Å². The molecule has 1 saturated heterocycles. The lowest BCUT2D eigenvalue weighted by Crippen LogP contribution is -2.38. The predicted molar refractivity (Wildman–Crippen MR) is 103 cm³/mol. The van der Waals surface area contributed by atoms with Crippen molar-refractivity contribution >= 4 is 29.3 Å². The van der Waals surface area contributed by atoms with Crippen LogP contribution in [-0.4, -0.2) is 54.0 Å². The molecule has 1 N–H and O–H groups in total. The summed E-state index contributed by atoms with van der Waals surface area (Å²) in [6.45, 7) is 7.49. The van der Waals surface area contributed by atoms with Crippen molar-refractivity contribution in [3.63, 3.8) is 0 Å². The minimum absolute atomic E-state index is 0.168. The minimum atomic E-state index is -0.516. The van der Waals surface area contributed by atoms with Gasteiger partial charge in [-0.05, 0) is 31.0 Å². The van der Waals surface area contributed by atoms with Crippen molar-refractivity contribution in [2.45, 2.75) is 25.9 Å². The summed E-state index contributed by atoms with van der Waals surface area (Å²) in [4.78, 5) is 26.2. The molecule has 1 fully saturated rings. The van der Waals surface area contributed by atoms with Gasteiger partial charge in [0.2, 0.25) is 5.91 Å². The molecule has 0 aromatic heterocycles. The highest BCUT2D eigenvalue weighted by molar-refractivity contribution is 7.99. The molecule has 136 valence electrons. The van der Waals surface area contributed by atoms with Gasteiger partial charge in [0, 0.05) is 30.3 Å². The Morgan fingerprint density at radius 1 is 1.32 bits per heavy atom. The highest BCUT2D eigenvalue weighted by Crippen LogP contribution is 2.14. The maximum atomic E-state index is 12.3. The molecule has 1 aromatic carbocycles. The first-order chi connectivity index (χ1) is 12.1. The zero-order chi connectivity index (χ0) is 18.1. The molecule has 0 saturated carbocycles. The summed E-state index contributed by atoms with van der Waals surface area (Å²) in [7, 11) is 0. The smallest absolute Gasteiger partial charge is 0.253 e. The van der Waals surface area contributed by atoms with Crippen LogP contribution >= 0.6 is 11.8 Å². The van der Waals surface area contributed by atoms with E-state index in [4.69, 9.17) is 4.74 Å². The van der Waals surface area contributed by atoms with Crippen molar-refractivity contribution in [1.82, 2.24) is 4.90 Å². The zero-order valence-electron chi connectivity index (χ0n) is 14.7. The first-order valence-corrected chi connectivity index (χ1v) is 9.73. The molecule has 25 heavy (non-hydrogen) atoms. The van der Waals surface area contributed by atoms with Crippen molar-refractivity contribution in [2.75, 3.05) is 36.5 Å². The number of amides is 2. The molecule has 0 bridgehead atoms. The summed E-state index contributed by atoms with van der Waals surface area (Å²) in [5, 5.41) is 2.82.